The van der Waals surface area contributed by atoms with Gasteiger partial charge in [-0.15, -0.1) is 0 Å². The first-order valence-electron chi connectivity index (χ1n) is 6.03. The lowest BCUT2D eigenvalue weighted by atomic mass is 10.0. The van der Waals surface area contributed by atoms with Crippen molar-refractivity contribution < 1.29 is 9.47 Å². The maximum atomic E-state index is 5.33. The fourth-order valence-electron chi connectivity index (χ4n) is 2.02. The summed E-state index contributed by atoms with van der Waals surface area (Å²) >= 11 is 5.51. The molecule has 0 radical (unpaired) electrons. The van der Waals surface area contributed by atoms with E-state index in [1.54, 1.807) is 25.6 Å². The molecule has 1 atom stereocenters. The van der Waals surface area contributed by atoms with Gasteiger partial charge in [0.1, 0.15) is 0 Å². The zero-order chi connectivity index (χ0) is 13.8. The van der Waals surface area contributed by atoms with Crippen LogP contribution in [0.1, 0.15) is 21.5 Å². The number of ether oxygens (including phenoxy) is 2. The van der Waals surface area contributed by atoms with Gasteiger partial charge in [0.15, 0.2) is 11.5 Å². The number of hydrogen-bond donors (Lipinski definition) is 0. The molecule has 0 saturated carbocycles. The number of aryl methyl sites for hydroxylation is 1. The smallest absolute Gasteiger partial charge is 0.160 e. The number of methoxy groups -OCH3 is 2. The predicted octanol–water partition coefficient (Wildman–Crippen LogP) is 4.75. The zero-order valence-electron chi connectivity index (χ0n) is 11.3. The van der Waals surface area contributed by atoms with Gasteiger partial charge in [-0.25, -0.2) is 0 Å². The molecule has 0 amide bonds. The Morgan fingerprint density at radius 2 is 1.89 bits per heavy atom. The van der Waals surface area contributed by atoms with E-state index < -0.39 is 0 Å². The van der Waals surface area contributed by atoms with Crippen molar-refractivity contribution in [2.45, 2.75) is 18.2 Å². The first kappa shape index (κ1) is 14.4. The van der Waals surface area contributed by atoms with Crippen LogP contribution in [0.2, 0.25) is 0 Å². The lowest BCUT2D eigenvalue weighted by Crippen LogP contribution is -1.97. The number of halogens is 1. The Morgan fingerprint density at radius 3 is 2.47 bits per heavy atom. The molecule has 2 nitrogen and oxygen atoms in total. The van der Waals surface area contributed by atoms with E-state index >= 15 is 0 Å². The van der Waals surface area contributed by atoms with Crippen molar-refractivity contribution in [2.75, 3.05) is 14.2 Å². The fraction of sp³-hybridized carbons (Fsp3) is 0.333. The molecule has 4 heteroatoms. The molecule has 2 rings (SSSR count). The van der Waals surface area contributed by atoms with Gasteiger partial charge in [-0.05, 0) is 52.9 Å². The molecule has 0 aliphatic rings. The van der Waals surface area contributed by atoms with Crippen LogP contribution in [0, 0.1) is 6.92 Å². The first-order chi connectivity index (χ1) is 9.15. The number of thiophene rings is 1. The van der Waals surface area contributed by atoms with Crippen LogP contribution >= 0.6 is 27.3 Å². The van der Waals surface area contributed by atoms with Crippen LogP contribution in [-0.2, 0) is 6.42 Å². The molecule has 0 bridgehead atoms. The Bertz CT molecular complexity index is 551. The Hall–Kier alpha value is -1.00. The Kier molecular flexibility index (Phi) is 4.88. The van der Waals surface area contributed by atoms with Gasteiger partial charge in [-0.1, -0.05) is 22.0 Å². The molecule has 1 heterocycles. The van der Waals surface area contributed by atoms with Gasteiger partial charge in [0.25, 0.3) is 0 Å². The molecular weight excluding hydrogens is 324 g/mol. The molecule has 2 aromatic rings. The summed E-state index contributed by atoms with van der Waals surface area (Å²) in [5.74, 6) is 1.55. The SMILES string of the molecule is COc1ccc(CC(Br)c2cscc2C)cc1OC. The van der Waals surface area contributed by atoms with Gasteiger partial charge < -0.3 is 9.47 Å². The summed E-state index contributed by atoms with van der Waals surface area (Å²) in [5, 5.41) is 4.38. The van der Waals surface area contributed by atoms with E-state index in [-0.39, 0.29) is 0 Å². The first-order valence-corrected chi connectivity index (χ1v) is 7.89. The molecule has 1 aromatic carbocycles. The topological polar surface area (TPSA) is 18.5 Å². The van der Waals surface area contributed by atoms with Gasteiger partial charge in [0, 0.05) is 4.83 Å². The molecule has 0 spiro atoms. The third kappa shape index (κ3) is 3.31. The van der Waals surface area contributed by atoms with Crippen LogP contribution in [0.4, 0.5) is 0 Å². The van der Waals surface area contributed by atoms with E-state index in [1.165, 1.54) is 16.7 Å². The molecule has 1 aromatic heterocycles. The standard InChI is InChI=1S/C15H17BrO2S/c1-10-8-19-9-12(10)13(16)6-11-4-5-14(17-2)15(7-11)18-3/h4-5,7-9,13H,6H2,1-3H3. The van der Waals surface area contributed by atoms with Crippen molar-refractivity contribution in [1.82, 2.24) is 0 Å². The molecule has 0 saturated heterocycles. The monoisotopic (exact) mass is 340 g/mol. The lowest BCUT2D eigenvalue weighted by Gasteiger charge is -2.13. The van der Waals surface area contributed by atoms with Crippen molar-refractivity contribution in [3.63, 3.8) is 0 Å². The summed E-state index contributed by atoms with van der Waals surface area (Å²) < 4.78 is 10.6. The van der Waals surface area contributed by atoms with Crippen molar-refractivity contribution >= 4 is 27.3 Å². The van der Waals surface area contributed by atoms with Crippen LogP contribution in [0.3, 0.4) is 0 Å². The minimum atomic E-state index is 0.330. The summed E-state index contributed by atoms with van der Waals surface area (Å²) in [5.41, 5.74) is 3.93. The van der Waals surface area contributed by atoms with Crippen LogP contribution in [0.15, 0.2) is 29.0 Å². The highest BCUT2D eigenvalue weighted by Crippen LogP contribution is 2.34. The van der Waals surface area contributed by atoms with Gasteiger partial charge in [0.05, 0.1) is 14.2 Å². The van der Waals surface area contributed by atoms with E-state index in [9.17, 15) is 0 Å². The van der Waals surface area contributed by atoms with E-state index in [2.05, 4.69) is 39.7 Å². The molecule has 0 aliphatic carbocycles. The second kappa shape index (κ2) is 6.44. The third-order valence-corrected chi connectivity index (χ3v) is 4.79. The number of rotatable bonds is 5. The maximum Gasteiger partial charge on any atom is 0.160 e. The Morgan fingerprint density at radius 1 is 1.16 bits per heavy atom. The summed E-state index contributed by atoms with van der Waals surface area (Å²) in [6.45, 7) is 2.15. The molecule has 0 N–H and O–H groups in total. The van der Waals surface area contributed by atoms with E-state index in [1.807, 2.05) is 12.1 Å². The fourth-order valence-corrected chi connectivity index (χ4v) is 3.96. The lowest BCUT2D eigenvalue weighted by molar-refractivity contribution is 0.354. The van der Waals surface area contributed by atoms with E-state index in [0.29, 0.717) is 4.83 Å². The quantitative estimate of drug-likeness (QED) is 0.731. The molecule has 19 heavy (non-hydrogen) atoms. The molecule has 102 valence electrons. The number of alkyl halides is 1. The van der Waals surface area contributed by atoms with Crippen LogP contribution < -0.4 is 9.47 Å². The van der Waals surface area contributed by atoms with Crippen LogP contribution in [0.25, 0.3) is 0 Å². The summed E-state index contributed by atoms with van der Waals surface area (Å²) in [6.07, 6.45) is 0.928. The third-order valence-electron chi connectivity index (χ3n) is 3.10. The number of benzene rings is 1. The highest BCUT2D eigenvalue weighted by molar-refractivity contribution is 9.09. The summed E-state index contributed by atoms with van der Waals surface area (Å²) in [6, 6.07) is 6.07. The molecule has 0 fully saturated rings. The van der Waals surface area contributed by atoms with Crippen molar-refractivity contribution in [1.29, 1.82) is 0 Å². The minimum absolute atomic E-state index is 0.330. The predicted molar refractivity (Wildman–Crippen MR) is 84.0 cm³/mol. The van der Waals surface area contributed by atoms with Gasteiger partial charge in [-0.2, -0.15) is 11.3 Å². The molecule has 0 aliphatic heterocycles. The van der Waals surface area contributed by atoms with E-state index in [0.717, 1.165) is 17.9 Å². The second-order valence-corrected chi connectivity index (χ2v) is 6.22. The van der Waals surface area contributed by atoms with Crippen LogP contribution in [-0.4, -0.2) is 14.2 Å². The van der Waals surface area contributed by atoms with Crippen molar-refractivity contribution in [3.05, 3.63) is 45.6 Å². The van der Waals surface area contributed by atoms with E-state index in [4.69, 9.17) is 9.47 Å². The maximum absolute atomic E-state index is 5.33. The minimum Gasteiger partial charge on any atom is -0.493 e. The normalized spacial score (nSPS) is 12.2. The summed E-state index contributed by atoms with van der Waals surface area (Å²) in [7, 11) is 3.32. The van der Waals surface area contributed by atoms with Gasteiger partial charge in [0.2, 0.25) is 0 Å². The largest absolute Gasteiger partial charge is 0.493 e. The average molecular weight is 341 g/mol. The highest BCUT2D eigenvalue weighted by Gasteiger charge is 2.13. The van der Waals surface area contributed by atoms with Crippen molar-refractivity contribution in [3.8, 4) is 11.5 Å². The second-order valence-electron chi connectivity index (χ2n) is 4.37. The molecular formula is C15H17BrO2S. The van der Waals surface area contributed by atoms with Crippen molar-refractivity contribution in [2.24, 2.45) is 0 Å². The van der Waals surface area contributed by atoms with Gasteiger partial charge >= 0.3 is 0 Å². The highest BCUT2D eigenvalue weighted by atomic mass is 79.9. The van der Waals surface area contributed by atoms with Gasteiger partial charge in [-0.3, -0.25) is 0 Å². The Balaban J connectivity index is 2.17. The molecule has 1 unspecified atom stereocenters. The Labute approximate surface area is 126 Å². The summed E-state index contributed by atoms with van der Waals surface area (Å²) in [4.78, 5) is 0.330. The van der Waals surface area contributed by atoms with Crippen LogP contribution in [0.5, 0.6) is 11.5 Å². The average Bonchev–Trinajstić information content (AvgIpc) is 2.85. The zero-order valence-corrected chi connectivity index (χ0v) is 13.7. The number of hydrogen-bond acceptors (Lipinski definition) is 3.